The molecule has 45 heavy (non-hydrogen) atoms. The fourth-order valence-corrected chi connectivity index (χ4v) is 5.96. The highest BCUT2D eigenvalue weighted by Gasteiger charge is 2.34. The Morgan fingerprint density at radius 3 is 2.24 bits per heavy atom. The van der Waals surface area contributed by atoms with Crippen LogP contribution in [0.5, 0.6) is 23.0 Å². The summed E-state index contributed by atoms with van der Waals surface area (Å²) in [6.45, 7) is 0.158. The molecule has 3 aromatic carbocycles. The van der Waals surface area contributed by atoms with E-state index in [0.29, 0.717) is 40.5 Å². The molecule has 238 valence electrons. The number of fused-ring (bicyclic) bond motifs is 1. The first-order valence-electron chi connectivity index (χ1n) is 15.3. The molecule has 1 aromatic heterocycles. The standard InChI is InChI=1S/C34H41N5O6/c1-42-28-16-14-23(20-30(28)44-3)18-19-38(32(40)22-39-27-13-9-8-12-26(27)36-37-39)33(34(41)35-25-10-6-5-7-11-25)24-15-17-29(43-2)31(21-24)45-4/h8-9,12-17,20-21,25,33H,5-7,10-11,18-19,22H2,1-4H3,(H,35,41). The van der Waals surface area contributed by atoms with Crippen molar-refractivity contribution < 1.29 is 28.5 Å². The molecule has 4 aromatic rings. The quantitative estimate of drug-likeness (QED) is 0.230. The Kier molecular flexibility index (Phi) is 10.4. The highest BCUT2D eigenvalue weighted by atomic mass is 16.5. The lowest BCUT2D eigenvalue weighted by atomic mass is 9.94. The van der Waals surface area contributed by atoms with Crippen LogP contribution in [0.1, 0.15) is 49.3 Å². The van der Waals surface area contributed by atoms with Crippen molar-refractivity contribution in [1.29, 1.82) is 0 Å². The van der Waals surface area contributed by atoms with E-state index < -0.39 is 6.04 Å². The topological polar surface area (TPSA) is 117 Å². The largest absolute Gasteiger partial charge is 0.493 e. The normalized spacial score (nSPS) is 14.0. The molecule has 1 heterocycles. The minimum atomic E-state index is -0.936. The van der Waals surface area contributed by atoms with Crippen molar-refractivity contribution >= 4 is 22.8 Å². The highest BCUT2D eigenvalue weighted by molar-refractivity contribution is 5.89. The number of aromatic nitrogens is 3. The third kappa shape index (κ3) is 7.30. The Morgan fingerprint density at radius 1 is 0.867 bits per heavy atom. The molecule has 0 bridgehead atoms. The number of nitrogens with one attached hydrogen (secondary N) is 1. The van der Waals surface area contributed by atoms with E-state index in [4.69, 9.17) is 18.9 Å². The number of hydrogen-bond acceptors (Lipinski definition) is 8. The van der Waals surface area contributed by atoms with Gasteiger partial charge in [-0.25, -0.2) is 4.68 Å². The number of hydrogen-bond donors (Lipinski definition) is 1. The van der Waals surface area contributed by atoms with Gasteiger partial charge in [0, 0.05) is 12.6 Å². The summed E-state index contributed by atoms with van der Waals surface area (Å²) in [5.41, 5.74) is 2.97. The minimum absolute atomic E-state index is 0.0518. The maximum Gasteiger partial charge on any atom is 0.247 e. The fourth-order valence-electron chi connectivity index (χ4n) is 5.96. The molecule has 0 spiro atoms. The van der Waals surface area contributed by atoms with Gasteiger partial charge in [0.05, 0.1) is 34.0 Å². The van der Waals surface area contributed by atoms with Gasteiger partial charge in [0.25, 0.3) is 0 Å². The first kappa shape index (κ1) is 31.6. The molecule has 11 nitrogen and oxygen atoms in total. The molecule has 1 aliphatic rings. The Labute approximate surface area is 263 Å². The van der Waals surface area contributed by atoms with Crippen LogP contribution in [0.2, 0.25) is 0 Å². The van der Waals surface area contributed by atoms with Crippen molar-refractivity contribution in [3.63, 3.8) is 0 Å². The molecular formula is C34H41N5O6. The third-order valence-electron chi connectivity index (χ3n) is 8.35. The van der Waals surface area contributed by atoms with E-state index in [9.17, 15) is 9.59 Å². The maximum atomic E-state index is 14.3. The molecule has 0 radical (unpaired) electrons. The van der Waals surface area contributed by atoms with Gasteiger partial charge in [0.15, 0.2) is 23.0 Å². The number of carbonyl (C=O) groups is 2. The van der Waals surface area contributed by atoms with Crippen LogP contribution in [0.25, 0.3) is 11.0 Å². The molecule has 1 aliphatic carbocycles. The van der Waals surface area contributed by atoms with Crippen LogP contribution in [0.3, 0.4) is 0 Å². The molecule has 0 saturated heterocycles. The van der Waals surface area contributed by atoms with Crippen LogP contribution in [0, 0.1) is 0 Å². The molecule has 1 fully saturated rings. The van der Waals surface area contributed by atoms with Crippen LogP contribution in [-0.2, 0) is 22.6 Å². The van der Waals surface area contributed by atoms with E-state index in [1.165, 1.54) is 0 Å². The first-order valence-corrected chi connectivity index (χ1v) is 15.3. The van der Waals surface area contributed by atoms with Crippen LogP contribution in [0.15, 0.2) is 60.7 Å². The predicted molar refractivity (Wildman–Crippen MR) is 170 cm³/mol. The van der Waals surface area contributed by atoms with Crippen molar-refractivity contribution in [2.45, 2.75) is 57.2 Å². The van der Waals surface area contributed by atoms with Gasteiger partial charge in [-0.3, -0.25) is 9.59 Å². The van der Waals surface area contributed by atoms with Crippen molar-refractivity contribution in [1.82, 2.24) is 25.2 Å². The molecule has 1 N–H and O–H groups in total. The SMILES string of the molecule is COc1ccc(CCN(C(=O)Cn2nnc3ccccc32)C(C(=O)NC2CCCCC2)c2ccc(OC)c(OC)c2)cc1OC. The summed E-state index contributed by atoms with van der Waals surface area (Å²) in [5, 5.41) is 11.7. The van der Waals surface area contributed by atoms with Gasteiger partial charge in [-0.05, 0) is 66.8 Å². The van der Waals surface area contributed by atoms with Crippen molar-refractivity contribution in [2.75, 3.05) is 35.0 Å². The Hall–Kier alpha value is -4.80. The molecule has 2 amide bonds. The molecule has 1 unspecified atom stereocenters. The number of ether oxygens (including phenoxy) is 4. The summed E-state index contributed by atoms with van der Waals surface area (Å²) in [6, 6.07) is 17.6. The molecule has 0 aliphatic heterocycles. The average Bonchev–Trinajstić information content (AvgIpc) is 3.48. The van der Waals surface area contributed by atoms with E-state index in [1.807, 2.05) is 48.5 Å². The summed E-state index contributed by atoms with van der Waals surface area (Å²) in [7, 11) is 6.29. The molecule has 1 saturated carbocycles. The Morgan fingerprint density at radius 2 is 1.53 bits per heavy atom. The first-order chi connectivity index (χ1) is 21.9. The summed E-state index contributed by atoms with van der Waals surface area (Å²) >= 11 is 0. The summed E-state index contributed by atoms with van der Waals surface area (Å²) in [5.74, 6) is 1.70. The number of carbonyl (C=O) groups excluding carboxylic acids is 2. The van der Waals surface area contributed by atoms with Crippen LogP contribution in [-0.4, -0.2) is 72.7 Å². The van der Waals surface area contributed by atoms with E-state index in [1.54, 1.807) is 50.2 Å². The number of methoxy groups -OCH3 is 4. The van der Waals surface area contributed by atoms with Crippen LogP contribution in [0.4, 0.5) is 0 Å². The Balaban J connectivity index is 1.54. The lowest BCUT2D eigenvalue weighted by Crippen LogP contribution is -2.48. The van der Waals surface area contributed by atoms with Crippen molar-refractivity contribution in [3.05, 3.63) is 71.8 Å². The minimum Gasteiger partial charge on any atom is -0.493 e. The zero-order valence-corrected chi connectivity index (χ0v) is 26.3. The van der Waals surface area contributed by atoms with Gasteiger partial charge in [-0.1, -0.05) is 48.7 Å². The Bertz CT molecular complexity index is 1620. The van der Waals surface area contributed by atoms with Gasteiger partial charge in [0.2, 0.25) is 11.8 Å². The molecule has 11 heteroatoms. The second kappa shape index (κ2) is 14.8. The van der Waals surface area contributed by atoms with Gasteiger partial charge in [0.1, 0.15) is 18.1 Å². The predicted octanol–water partition coefficient (Wildman–Crippen LogP) is 4.73. The number of nitrogens with zero attached hydrogens (tertiary/aromatic N) is 4. The van der Waals surface area contributed by atoms with Crippen LogP contribution < -0.4 is 24.3 Å². The number of amides is 2. The second-order valence-corrected chi connectivity index (χ2v) is 11.1. The lowest BCUT2D eigenvalue weighted by molar-refractivity contribution is -0.141. The van der Waals surface area contributed by atoms with E-state index >= 15 is 0 Å². The van der Waals surface area contributed by atoms with Crippen molar-refractivity contribution in [3.8, 4) is 23.0 Å². The molecule has 1 atom stereocenters. The number of rotatable bonds is 13. The zero-order chi connectivity index (χ0) is 31.8. The fraction of sp³-hybridized carbons (Fsp3) is 0.412. The second-order valence-electron chi connectivity index (χ2n) is 11.1. The number of para-hydroxylation sites is 1. The van der Waals surface area contributed by atoms with E-state index in [0.717, 1.165) is 43.2 Å². The summed E-state index contributed by atoms with van der Waals surface area (Å²) in [6.07, 6.45) is 5.57. The van der Waals surface area contributed by atoms with Crippen LogP contribution >= 0.6 is 0 Å². The molecular weight excluding hydrogens is 574 g/mol. The van der Waals surface area contributed by atoms with Crippen molar-refractivity contribution in [2.24, 2.45) is 0 Å². The zero-order valence-electron chi connectivity index (χ0n) is 26.3. The summed E-state index contributed by atoms with van der Waals surface area (Å²) in [4.78, 5) is 30.2. The number of benzene rings is 3. The van der Waals surface area contributed by atoms with Gasteiger partial charge in [-0.15, -0.1) is 5.10 Å². The highest BCUT2D eigenvalue weighted by Crippen LogP contribution is 2.34. The van der Waals surface area contributed by atoms with Gasteiger partial charge >= 0.3 is 0 Å². The maximum absolute atomic E-state index is 14.3. The third-order valence-corrected chi connectivity index (χ3v) is 8.35. The smallest absolute Gasteiger partial charge is 0.247 e. The van der Waals surface area contributed by atoms with Gasteiger partial charge in [-0.2, -0.15) is 0 Å². The van der Waals surface area contributed by atoms with E-state index in [-0.39, 0.29) is 30.9 Å². The molecule has 5 rings (SSSR count). The monoisotopic (exact) mass is 615 g/mol. The summed E-state index contributed by atoms with van der Waals surface area (Å²) < 4.78 is 23.6. The lowest BCUT2D eigenvalue weighted by Gasteiger charge is -2.34. The van der Waals surface area contributed by atoms with E-state index in [2.05, 4.69) is 15.6 Å². The average molecular weight is 616 g/mol. The van der Waals surface area contributed by atoms with Gasteiger partial charge < -0.3 is 29.2 Å².